The second-order valence-electron chi connectivity index (χ2n) is 6.32. The molecule has 3 rings (SSSR count). The number of hydrogen-bond acceptors (Lipinski definition) is 3. The van der Waals surface area contributed by atoms with Crippen LogP contribution in [0.2, 0.25) is 0 Å². The van der Waals surface area contributed by atoms with Gasteiger partial charge in [0.2, 0.25) is 5.91 Å². The second kappa shape index (κ2) is 7.42. The Morgan fingerprint density at radius 1 is 1.07 bits per heavy atom. The highest BCUT2D eigenvalue weighted by molar-refractivity contribution is 6.14. The van der Waals surface area contributed by atoms with Crippen molar-refractivity contribution in [2.24, 2.45) is 5.92 Å². The Kier molecular flexibility index (Phi) is 5.21. The number of Topliss-reactive ketones (excluding diaryl/α,β-unsaturated/α-hetero) is 1. The van der Waals surface area contributed by atoms with Gasteiger partial charge in [0.1, 0.15) is 11.7 Å². The minimum atomic E-state index is -4.43. The van der Waals surface area contributed by atoms with Crippen molar-refractivity contribution < 1.29 is 27.5 Å². The standard InChI is InChI=1S/C20H18F3NO3/c1-27-16-10-4-13(5-11-16)18(25)17-3-2-12-24(19(17)26)15-8-6-14(7-9-15)20(21,22)23/h4-11,17H,2-3,12H2,1H3. The summed E-state index contributed by atoms with van der Waals surface area (Å²) < 4.78 is 43.2. The highest BCUT2D eigenvalue weighted by Crippen LogP contribution is 2.32. The molecule has 142 valence electrons. The predicted molar refractivity (Wildman–Crippen MR) is 93.8 cm³/mol. The molecule has 2 aromatic carbocycles. The molecule has 1 saturated heterocycles. The van der Waals surface area contributed by atoms with Crippen LogP contribution in [0, 0.1) is 5.92 Å². The summed E-state index contributed by atoms with van der Waals surface area (Å²) in [6.45, 7) is 0.372. The van der Waals surface area contributed by atoms with Crippen LogP contribution in [0.15, 0.2) is 48.5 Å². The van der Waals surface area contributed by atoms with Crippen molar-refractivity contribution in [3.8, 4) is 5.75 Å². The van der Waals surface area contributed by atoms with E-state index in [2.05, 4.69) is 0 Å². The number of rotatable bonds is 4. The molecule has 1 amide bonds. The highest BCUT2D eigenvalue weighted by Gasteiger charge is 2.36. The lowest BCUT2D eigenvalue weighted by molar-refractivity contribution is -0.137. The maximum atomic E-state index is 12.8. The van der Waals surface area contributed by atoms with Gasteiger partial charge < -0.3 is 9.64 Å². The largest absolute Gasteiger partial charge is 0.497 e. The third-order valence-electron chi connectivity index (χ3n) is 4.64. The van der Waals surface area contributed by atoms with Crippen molar-refractivity contribution in [1.82, 2.24) is 0 Å². The second-order valence-corrected chi connectivity index (χ2v) is 6.32. The third-order valence-corrected chi connectivity index (χ3v) is 4.64. The van der Waals surface area contributed by atoms with Gasteiger partial charge in [0, 0.05) is 17.8 Å². The van der Waals surface area contributed by atoms with Crippen LogP contribution in [0.4, 0.5) is 18.9 Å². The molecule has 1 unspecified atom stereocenters. The van der Waals surface area contributed by atoms with Crippen molar-refractivity contribution in [1.29, 1.82) is 0 Å². The quantitative estimate of drug-likeness (QED) is 0.588. The smallest absolute Gasteiger partial charge is 0.416 e. The number of ketones is 1. The first-order chi connectivity index (χ1) is 12.8. The number of ether oxygens (including phenoxy) is 1. The molecule has 1 aliphatic heterocycles. The predicted octanol–water partition coefficient (Wildman–Crippen LogP) is 4.34. The molecule has 1 fully saturated rings. The van der Waals surface area contributed by atoms with Gasteiger partial charge in [0.05, 0.1) is 12.7 Å². The first-order valence-corrected chi connectivity index (χ1v) is 8.48. The molecule has 2 aromatic rings. The first-order valence-electron chi connectivity index (χ1n) is 8.48. The molecule has 0 spiro atoms. The van der Waals surface area contributed by atoms with Crippen molar-refractivity contribution in [3.05, 3.63) is 59.7 Å². The van der Waals surface area contributed by atoms with E-state index < -0.39 is 17.7 Å². The number of methoxy groups -OCH3 is 1. The lowest BCUT2D eigenvalue weighted by atomic mass is 9.89. The van der Waals surface area contributed by atoms with E-state index >= 15 is 0 Å². The van der Waals surface area contributed by atoms with Crippen molar-refractivity contribution >= 4 is 17.4 Å². The van der Waals surface area contributed by atoms with E-state index in [0.29, 0.717) is 36.4 Å². The fraction of sp³-hybridized carbons (Fsp3) is 0.300. The van der Waals surface area contributed by atoms with E-state index in [1.165, 1.54) is 24.1 Å². The molecule has 27 heavy (non-hydrogen) atoms. The summed E-state index contributed by atoms with van der Waals surface area (Å²) in [4.78, 5) is 26.9. The molecular weight excluding hydrogens is 359 g/mol. The van der Waals surface area contributed by atoms with Crippen LogP contribution in [0.25, 0.3) is 0 Å². The lowest BCUT2D eigenvalue weighted by Crippen LogP contribution is -2.44. The van der Waals surface area contributed by atoms with E-state index in [9.17, 15) is 22.8 Å². The molecule has 4 nitrogen and oxygen atoms in total. The number of nitrogens with zero attached hydrogens (tertiary/aromatic N) is 1. The SMILES string of the molecule is COc1ccc(C(=O)C2CCCN(c3ccc(C(F)(F)F)cc3)C2=O)cc1. The fourth-order valence-corrected chi connectivity index (χ4v) is 3.16. The van der Waals surface area contributed by atoms with Crippen LogP contribution in [0.5, 0.6) is 5.75 Å². The van der Waals surface area contributed by atoms with Gasteiger partial charge in [-0.3, -0.25) is 9.59 Å². The average molecular weight is 377 g/mol. The minimum absolute atomic E-state index is 0.292. The van der Waals surface area contributed by atoms with Crippen LogP contribution < -0.4 is 9.64 Å². The first kappa shape index (κ1) is 18.9. The van der Waals surface area contributed by atoms with Crippen LogP contribution in [0.1, 0.15) is 28.8 Å². The van der Waals surface area contributed by atoms with Gasteiger partial charge in [-0.1, -0.05) is 0 Å². The number of hydrogen-bond donors (Lipinski definition) is 0. The number of carbonyl (C=O) groups is 2. The number of piperidine rings is 1. The number of alkyl halides is 3. The Morgan fingerprint density at radius 3 is 2.26 bits per heavy atom. The molecule has 7 heteroatoms. The van der Waals surface area contributed by atoms with Gasteiger partial charge in [0.25, 0.3) is 0 Å². The molecular formula is C20H18F3NO3. The Morgan fingerprint density at radius 2 is 1.70 bits per heavy atom. The van der Waals surface area contributed by atoms with Gasteiger partial charge in [-0.05, 0) is 61.4 Å². The monoisotopic (exact) mass is 377 g/mol. The number of carbonyl (C=O) groups excluding carboxylic acids is 2. The van der Waals surface area contributed by atoms with Crippen LogP contribution >= 0.6 is 0 Å². The van der Waals surface area contributed by atoms with Crippen molar-refractivity contribution in [3.63, 3.8) is 0 Å². The van der Waals surface area contributed by atoms with E-state index in [4.69, 9.17) is 4.74 Å². The minimum Gasteiger partial charge on any atom is -0.497 e. The number of anilines is 1. The van der Waals surface area contributed by atoms with Gasteiger partial charge in [0.15, 0.2) is 5.78 Å². The van der Waals surface area contributed by atoms with Gasteiger partial charge >= 0.3 is 6.18 Å². The molecule has 1 heterocycles. The number of benzene rings is 2. The summed E-state index contributed by atoms with van der Waals surface area (Å²) in [5.41, 5.74) is -0.00906. The maximum absolute atomic E-state index is 12.8. The van der Waals surface area contributed by atoms with Crippen LogP contribution in [-0.2, 0) is 11.0 Å². The van der Waals surface area contributed by atoms with E-state index in [-0.39, 0.29) is 11.7 Å². The fourth-order valence-electron chi connectivity index (χ4n) is 3.16. The Balaban J connectivity index is 1.79. The Labute approximate surface area is 154 Å². The third kappa shape index (κ3) is 3.97. The van der Waals surface area contributed by atoms with Gasteiger partial charge in [-0.25, -0.2) is 0 Å². The van der Waals surface area contributed by atoms with E-state index in [0.717, 1.165) is 12.1 Å². The molecule has 0 aliphatic carbocycles. The molecule has 0 N–H and O–H groups in total. The summed E-state index contributed by atoms with van der Waals surface area (Å²) in [6.07, 6.45) is -3.42. The summed E-state index contributed by atoms with van der Waals surface area (Å²) >= 11 is 0. The molecule has 0 radical (unpaired) electrons. The molecule has 1 atom stereocenters. The Hall–Kier alpha value is -2.83. The van der Waals surface area contributed by atoms with Crippen molar-refractivity contribution in [2.45, 2.75) is 19.0 Å². The zero-order chi connectivity index (χ0) is 19.6. The van der Waals surface area contributed by atoms with Crippen LogP contribution in [0.3, 0.4) is 0 Å². The summed E-state index contributed by atoms with van der Waals surface area (Å²) in [6, 6.07) is 10.9. The number of halogens is 3. The normalized spacial score (nSPS) is 17.7. The highest BCUT2D eigenvalue weighted by atomic mass is 19.4. The van der Waals surface area contributed by atoms with E-state index in [1.54, 1.807) is 24.3 Å². The number of amides is 1. The average Bonchev–Trinajstić information content (AvgIpc) is 2.67. The van der Waals surface area contributed by atoms with Crippen LogP contribution in [-0.4, -0.2) is 25.3 Å². The zero-order valence-corrected chi connectivity index (χ0v) is 14.6. The molecule has 0 bridgehead atoms. The summed E-state index contributed by atoms with van der Waals surface area (Å²) in [7, 11) is 1.52. The van der Waals surface area contributed by atoms with Gasteiger partial charge in [-0.2, -0.15) is 13.2 Å². The molecule has 0 saturated carbocycles. The lowest BCUT2D eigenvalue weighted by Gasteiger charge is -2.31. The Bertz CT molecular complexity index is 829. The summed E-state index contributed by atoms with van der Waals surface area (Å²) in [5, 5.41) is 0. The van der Waals surface area contributed by atoms with Gasteiger partial charge in [-0.15, -0.1) is 0 Å². The zero-order valence-electron chi connectivity index (χ0n) is 14.6. The van der Waals surface area contributed by atoms with Crippen molar-refractivity contribution in [2.75, 3.05) is 18.6 Å². The van der Waals surface area contributed by atoms with E-state index in [1.807, 2.05) is 0 Å². The maximum Gasteiger partial charge on any atom is 0.416 e. The topological polar surface area (TPSA) is 46.6 Å². The summed E-state index contributed by atoms with van der Waals surface area (Å²) in [5.74, 6) is -0.913. The molecule has 1 aliphatic rings. The molecule has 0 aromatic heterocycles.